The molecule has 0 heterocycles. The second-order valence-corrected chi connectivity index (χ2v) is 12.0. The van der Waals surface area contributed by atoms with E-state index in [1.165, 1.54) is 44.2 Å². The molecule has 2 heteroatoms. The van der Waals surface area contributed by atoms with Crippen molar-refractivity contribution in [3.05, 3.63) is 200 Å². The smallest absolute Gasteiger partial charge is 0.0468 e. The Hall–Kier alpha value is -6.38. The number of benzene rings is 8. The lowest BCUT2D eigenvalue weighted by Crippen LogP contribution is -2.09. The third kappa shape index (κ3) is 6.20. The van der Waals surface area contributed by atoms with Crippen molar-refractivity contribution in [1.29, 1.82) is 0 Å². The van der Waals surface area contributed by atoms with Crippen LogP contribution in [0.4, 0.5) is 28.4 Å². The van der Waals surface area contributed by atoms with Gasteiger partial charge in [0.15, 0.2) is 0 Å². The zero-order valence-electron chi connectivity index (χ0n) is 26.5. The van der Waals surface area contributed by atoms with E-state index in [4.69, 9.17) is 0 Å². The van der Waals surface area contributed by atoms with Gasteiger partial charge in [0.2, 0.25) is 0 Å². The monoisotopic (exact) mass is 614 g/mol. The van der Waals surface area contributed by atoms with Gasteiger partial charge in [-0.05, 0) is 117 Å². The lowest BCUT2D eigenvalue weighted by atomic mass is 9.96. The van der Waals surface area contributed by atoms with Crippen LogP contribution >= 0.6 is 0 Å². The first-order valence-corrected chi connectivity index (χ1v) is 16.3. The first kappa shape index (κ1) is 29.1. The number of hydrogen-bond acceptors (Lipinski definition) is 2. The highest BCUT2D eigenvalue weighted by molar-refractivity contribution is 5.89. The number of rotatable bonds is 8. The van der Waals surface area contributed by atoms with Crippen LogP contribution in [0, 0.1) is 0 Å². The van der Waals surface area contributed by atoms with E-state index in [0.717, 1.165) is 28.4 Å². The molecule has 0 bridgehead atoms. The van der Waals surface area contributed by atoms with Crippen LogP contribution in [0.2, 0.25) is 0 Å². The molecule has 0 saturated heterocycles. The molecule has 0 unspecified atom stereocenters. The Morgan fingerprint density at radius 3 is 1.35 bits per heavy atom. The quantitative estimate of drug-likeness (QED) is 0.183. The molecular weight excluding hydrogens is 581 g/mol. The highest BCUT2D eigenvalue weighted by Crippen LogP contribution is 2.37. The summed E-state index contributed by atoms with van der Waals surface area (Å²) in [7, 11) is 0. The van der Waals surface area contributed by atoms with E-state index in [-0.39, 0.29) is 0 Å². The van der Waals surface area contributed by atoms with Crippen LogP contribution in [0.1, 0.15) is 0 Å². The summed E-state index contributed by atoms with van der Waals surface area (Å²) in [6, 6.07) is 71.2. The van der Waals surface area contributed by atoms with Crippen LogP contribution < -0.4 is 10.2 Å². The van der Waals surface area contributed by atoms with E-state index in [1.807, 2.05) is 18.2 Å². The minimum Gasteiger partial charge on any atom is -0.356 e. The summed E-state index contributed by atoms with van der Waals surface area (Å²) in [4.78, 5) is 2.32. The maximum absolute atomic E-state index is 3.47. The molecule has 0 aromatic heterocycles. The number of nitrogens with one attached hydrogen (secondary N) is 1. The summed E-state index contributed by atoms with van der Waals surface area (Å²) in [5, 5.41) is 5.94. The van der Waals surface area contributed by atoms with E-state index >= 15 is 0 Å². The van der Waals surface area contributed by atoms with Crippen LogP contribution in [0.3, 0.4) is 0 Å². The standard InChI is InChI=1S/C46H34N2/c1-3-17-42(18-4-1)47-43-26-21-35(22-27-43)37-13-9-15-39(31-37)40-16-10-14-38(32-40)36-23-28-45(29-24-36)48(44-19-5-2-6-20-44)46-30-25-34-11-7-8-12-41(34)33-46/h1-33,47H. The second-order valence-electron chi connectivity index (χ2n) is 12.0. The first-order chi connectivity index (χ1) is 23.8. The predicted octanol–water partition coefficient (Wildman–Crippen LogP) is 13.1. The van der Waals surface area contributed by atoms with E-state index in [1.54, 1.807) is 0 Å². The molecule has 0 amide bonds. The number of nitrogens with zero attached hydrogens (tertiary/aromatic N) is 1. The summed E-state index contributed by atoms with van der Waals surface area (Å²) in [6.07, 6.45) is 0. The second kappa shape index (κ2) is 13.2. The molecule has 8 rings (SSSR count). The van der Waals surface area contributed by atoms with E-state index in [9.17, 15) is 0 Å². The zero-order valence-corrected chi connectivity index (χ0v) is 26.5. The van der Waals surface area contributed by atoms with Crippen LogP contribution in [-0.4, -0.2) is 0 Å². The van der Waals surface area contributed by atoms with Crippen molar-refractivity contribution in [3.63, 3.8) is 0 Å². The lowest BCUT2D eigenvalue weighted by molar-refractivity contribution is 1.29. The molecule has 0 saturated carbocycles. The maximum atomic E-state index is 3.47. The van der Waals surface area contributed by atoms with Crippen molar-refractivity contribution in [3.8, 4) is 33.4 Å². The Morgan fingerprint density at radius 1 is 0.271 bits per heavy atom. The molecular formula is C46H34N2. The summed E-state index contributed by atoms with van der Waals surface area (Å²) in [5.41, 5.74) is 12.7. The number of para-hydroxylation sites is 2. The minimum atomic E-state index is 1.07. The minimum absolute atomic E-state index is 1.07. The van der Waals surface area contributed by atoms with Gasteiger partial charge in [-0.25, -0.2) is 0 Å². The summed E-state index contributed by atoms with van der Waals surface area (Å²) >= 11 is 0. The molecule has 0 radical (unpaired) electrons. The lowest BCUT2D eigenvalue weighted by Gasteiger charge is -2.26. The summed E-state index contributed by atoms with van der Waals surface area (Å²) in [5.74, 6) is 0. The largest absolute Gasteiger partial charge is 0.356 e. The SMILES string of the molecule is c1ccc(Nc2ccc(-c3cccc(-c4cccc(-c5ccc(N(c6ccccc6)c6ccc7ccccc7c6)cc5)c4)c3)cc2)cc1. The molecule has 8 aromatic rings. The predicted molar refractivity (Wildman–Crippen MR) is 205 cm³/mol. The van der Waals surface area contributed by atoms with Crippen LogP contribution in [0.5, 0.6) is 0 Å². The van der Waals surface area contributed by atoms with Gasteiger partial charge in [0.1, 0.15) is 0 Å². The fraction of sp³-hybridized carbons (Fsp3) is 0. The molecule has 0 aliphatic carbocycles. The zero-order chi connectivity index (χ0) is 32.1. The molecule has 0 spiro atoms. The highest BCUT2D eigenvalue weighted by atomic mass is 15.1. The summed E-state index contributed by atoms with van der Waals surface area (Å²) in [6.45, 7) is 0. The van der Waals surface area contributed by atoms with Crippen molar-refractivity contribution in [2.24, 2.45) is 0 Å². The van der Waals surface area contributed by atoms with Crippen LogP contribution in [0.15, 0.2) is 200 Å². The first-order valence-electron chi connectivity index (χ1n) is 16.3. The normalized spacial score (nSPS) is 10.9. The fourth-order valence-corrected chi connectivity index (χ4v) is 6.33. The van der Waals surface area contributed by atoms with Gasteiger partial charge in [-0.3, -0.25) is 0 Å². The van der Waals surface area contributed by atoms with Crippen LogP contribution in [0.25, 0.3) is 44.2 Å². The van der Waals surface area contributed by atoms with Crippen molar-refractivity contribution >= 4 is 39.2 Å². The molecule has 0 aliphatic heterocycles. The van der Waals surface area contributed by atoms with Crippen molar-refractivity contribution in [1.82, 2.24) is 0 Å². The van der Waals surface area contributed by atoms with Gasteiger partial charge in [-0.15, -0.1) is 0 Å². The third-order valence-corrected chi connectivity index (χ3v) is 8.80. The average Bonchev–Trinajstić information content (AvgIpc) is 3.16. The Morgan fingerprint density at radius 2 is 0.729 bits per heavy atom. The van der Waals surface area contributed by atoms with Gasteiger partial charge in [0, 0.05) is 28.4 Å². The molecule has 2 nitrogen and oxygen atoms in total. The maximum Gasteiger partial charge on any atom is 0.0468 e. The van der Waals surface area contributed by atoms with Gasteiger partial charge >= 0.3 is 0 Å². The Kier molecular flexibility index (Phi) is 7.96. The third-order valence-electron chi connectivity index (χ3n) is 8.80. The van der Waals surface area contributed by atoms with E-state index < -0.39 is 0 Å². The molecule has 0 fully saturated rings. The molecule has 1 N–H and O–H groups in total. The number of fused-ring (bicyclic) bond motifs is 1. The van der Waals surface area contributed by atoms with Gasteiger partial charge in [0.25, 0.3) is 0 Å². The van der Waals surface area contributed by atoms with Gasteiger partial charge in [-0.1, -0.05) is 127 Å². The Bertz CT molecular complexity index is 2290. The number of hydrogen-bond donors (Lipinski definition) is 1. The number of anilines is 5. The van der Waals surface area contributed by atoms with Crippen LogP contribution in [-0.2, 0) is 0 Å². The molecule has 48 heavy (non-hydrogen) atoms. The fourth-order valence-electron chi connectivity index (χ4n) is 6.33. The molecule has 0 atom stereocenters. The van der Waals surface area contributed by atoms with Crippen molar-refractivity contribution in [2.75, 3.05) is 10.2 Å². The van der Waals surface area contributed by atoms with E-state index in [0.29, 0.717) is 0 Å². The highest BCUT2D eigenvalue weighted by Gasteiger charge is 2.13. The van der Waals surface area contributed by atoms with Crippen molar-refractivity contribution < 1.29 is 0 Å². The van der Waals surface area contributed by atoms with Gasteiger partial charge in [0.05, 0.1) is 0 Å². The van der Waals surface area contributed by atoms with Gasteiger partial charge < -0.3 is 10.2 Å². The molecule has 228 valence electrons. The molecule has 0 aliphatic rings. The summed E-state index contributed by atoms with van der Waals surface area (Å²) < 4.78 is 0. The van der Waals surface area contributed by atoms with Crippen molar-refractivity contribution in [2.45, 2.75) is 0 Å². The van der Waals surface area contributed by atoms with E-state index in [2.05, 4.69) is 192 Å². The average molecular weight is 615 g/mol. The molecule has 8 aromatic carbocycles. The Labute approximate surface area is 282 Å². The Balaban J connectivity index is 1.06. The van der Waals surface area contributed by atoms with Gasteiger partial charge in [-0.2, -0.15) is 0 Å². The topological polar surface area (TPSA) is 15.3 Å².